The number of para-hydroxylation sites is 1. The largest absolute Gasteiger partial charge is 0.481 e. The number of hydrogen-bond donors (Lipinski definition) is 2. The standard InChI is InChI=1S/C18H16F3NO3/c1-18(9-8-16(23)24,11-6-7-12(19)14(21)10-11)17(25)22-15-5-3-2-4-13(15)20/h2-7,10H,8-9H2,1H3,(H,22,25)(H,23,24). The minimum atomic E-state index is -1.49. The SMILES string of the molecule is CC(CCC(=O)O)(C(=O)Nc1ccccc1F)c1ccc(F)c(F)c1. The molecule has 0 bridgehead atoms. The lowest BCUT2D eigenvalue weighted by Gasteiger charge is -2.28. The lowest BCUT2D eigenvalue weighted by Crippen LogP contribution is -2.38. The molecule has 0 aliphatic rings. The van der Waals surface area contributed by atoms with Gasteiger partial charge in [-0.25, -0.2) is 13.2 Å². The first kappa shape index (κ1) is 18.5. The van der Waals surface area contributed by atoms with Gasteiger partial charge >= 0.3 is 5.97 Å². The molecule has 0 aromatic heterocycles. The van der Waals surface area contributed by atoms with Crippen molar-refractivity contribution in [3.05, 3.63) is 65.5 Å². The van der Waals surface area contributed by atoms with E-state index in [4.69, 9.17) is 5.11 Å². The van der Waals surface area contributed by atoms with Crippen molar-refractivity contribution in [1.29, 1.82) is 0 Å². The number of carbonyl (C=O) groups excluding carboxylic acids is 1. The van der Waals surface area contributed by atoms with Crippen LogP contribution in [0.25, 0.3) is 0 Å². The number of hydrogen-bond acceptors (Lipinski definition) is 2. The molecule has 1 amide bonds. The van der Waals surface area contributed by atoms with E-state index in [2.05, 4.69) is 5.32 Å². The van der Waals surface area contributed by atoms with Crippen molar-refractivity contribution in [1.82, 2.24) is 0 Å². The van der Waals surface area contributed by atoms with E-state index in [1.165, 1.54) is 31.2 Å². The van der Waals surface area contributed by atoms with Gasteiger partial charge in [0.2, 0.25) is 5.91 Å². The van der Waals surface area contributed by atoms with Crippen LogP contribution in [-0.2, 0) is 15.0 Å². The molecule has 1 unspecified atom stereocenters. The van der Waals surface area contributed by atoms with Gasteiger partial charge in [-0.05, 0) is 43.2 Å². The van der Waals surface area contributed by atoms with Gasteiger partial charge in [-0.15, -0.1) is 0 Å². The summed E-state index contributed by atoms with van der Waals surface area (Å²) in [6, 6.07) is 8.38. The summed E-state index contributed by atoms with van der Waals surface area (Å²) in [6.07, 6.45) is -0.548. The number of aliphatic carboxylic acids is 1. The van der Waals surface area contributed by atoms with Crippen LogP contribution in [0, 0.1) is 17.5 Å². The van der Waals surface area contributed by atoms with Crippen molar-refractivity contribution in [3.63, 3.8) is 0 Å². The molecular formula is C18H16F3NO3. The Morgan fingerprint density at radius 1 is 1.04 bits per heavy atom. The number of carbonyl (C=O) groups is 2. The molecule has 7 heteroatoms. The molecule has 0 heterocycles. The second-order valence-electron chi connectivity index (χ2n) is 5.79. The number of amides is 1. The summed E-state index contributed by atoms with van der Waals surface area (Å²) in [5.74, 6) is -4.77. The number of carboxylic acid groups (broad SMARTS) is 1. The highest BCUT2D eigenvalue weighted by molar-refractivity contribution is 5.99. The first-order valence-corrected chi connectivity index (χ1v) is 7.47. The van der Waals surface area contributed by atoms with E-state index in [0.717, 1.165) is 18.2 Å². The molecule has 132 valence electrons. The average Bonchev–Trinajstić information content (AvgIpc) is 2.57. The minimum absolute atomic E-state index is 0.0865. The monoisotopic (exact) mass is 351 g/mol. The van der Waals surface area contributed by atoms with Gasteiger partial charge in [0.25, 0.3) is 0 Å². The van der Waals surface area contributed by atoms with Crippen LogP contribution >= 0.6 is 0 Å². The predicted molar refractivity (Wildman–Crippen MR) is 85.6 cm³/mol. The van der Waals surface area contributed by atoms with Crippen molar-refractivity contribution < 1.29 is 27.9 Å². The van der Waals surface area contributed by atoms with E-state index in [-0.39, 0.29) is 24.1 Å². The first-order chi connectivity index (χ1) is 11.7. The summed E-state index contributed by atoms with van der Waals surface area (Å²) in [7, 11) is 0. The molecule has 0 radical (unpaired) electrons. The molecule has 2 N–H and O–H groups in total. The molecule has 0 fully saturated rings. The Kier molecular flexibility index (Phi) is 5.46. The van der Waals surface area contributed by atoms with Crippen molar-refractivity contribution in [3.8, 4) is 0 Å². The van der Waals surface area contributed by atoms with Crippen LogP contribution in [0.1, 0.15) is 25.3 Å². The van der Waals surface area contributed by atoms with E-state index >= 15 is 0 Å². The van der Waals surface area contributed by atoms with Crippen LogP contribution in [0.4, 0.5) is 18.9 Å². The zero-order valence-electron chi connectivity index (χ0n) is 13.4. The summed E-state index contributed by atoms with van der Waals surface area (Å²) in [5, 5.41) is 11.3. The van der Waals surface area contributed by atoms with Gasteiger partial charge in [0.15, 0.2) is 11.6 Å². The van der Waals surface area contributed by atoms with Gasteiger partial charge < -0.3 is 10.4 Å². The highest BCUT2D eigenvalue weighted by Gasteiger charge is 2.36. The predicted octanol–water partition coefficient (Wildman–Crippen LogP) is 3.87. The van der Waals surface area contributed by atoms with Crippen molar-refractivity contribution in [2.45, 2.75) is 25.2 Å². The van der Waals surface area contributed by atoms with Gasteiger partial charge in [0, 0.05) is 6.42 Å². The maximum atomic E-state index is 13.8. The molecule has 2 rings (SSSR count). The van der Waals surface area contributed by atoms with Gasteiger partial charge in [-0.1, -0.05) is 18.2 Å². The minimum Gasteiger partial charge on any atom is -0.481 e. The smallest absolute Gasteiger partial charge is 0.303 e. The second kappa shape index (κ2) is 7.38. The fraction of sp³-hybridized carbons (Fsp3) is 0.222. The van der Waals surface area contributed by atoms with Crippen LogP contribution in [0.2, 0.25) is 0 Å². The molecule has 0 saturated heterocycles. The Morgan fingerprint density at radius 2 is 1.72 bits per heavy atom. The summed E-state index contributed by atoms with van der Waals surface area (Å²) < 4.78 is 40.5. The summed E-state index contributed by atoms with van der Waals surface area (Å²) in [4.78, 5) is 23.6. The van der Waals surface area contributed by atoms with Gasteiger partial charge in [-0.2, -0.15) is 0 Å². The molecule has 2 aromatic rings. The molecule has 25 heavy (non-hydrogen) atoms. The second-order valence-corrected chi connectivity index (χ2v) is 5.79. The third-order valence-electron chi connectivity index (χ3n) is 4.02. The number of nitrogens with one attached hydrogen (secondary N) is 1. The van der Waals surface area contributed by atoms with E-state index in [9.17, 15) is 22.8 Å². The lowest BCUT2D eigenvalue weighted by molar-refractivity contribution is -0.137. The van der Waals surface area contributed by atoms with Crippen LogP contribution in [-0.4, -0.2) is 17.0 Å². The van der Waals surface area contributed by atoms with Crippen molar-refractivity contribution in [2.75, 3.05) is 5.32 Å². The van der Waals surface area contributed by atoms with E-state index in [1.54, 1.807) is 0 Å². The normalized spacial score (nSPS) is 13.1. The van der Waals surface area contributed by atoms with E-state index in [0.29, 0.717) is 0 Å². The van der Waals surface area contributed by atoms with Crippen molar-refractivity contribution in [2.24, 2.45) is 0 Å². The zero-order chi connectivity index (χ0) is 18.6. The van der Waals surface area contributed by atoms with Crippen molar-refractivity contribution >= 4 is 17.6 Å². The fourth-order valence-electron chi connectivity index (χ4n) is 2.41. The number of anilines is 1. The zero-order valence-corrected chi connectivity index (χ0v) is 13.4. The van der Waals surface area contributed by atoms with Crippen LogP contribution < -0.4 is 5.32 Å². The number of rotatable bonds is 6. The van der Waals surface area contributed by atoms with E-state index in [1.807, 2.05) is 0 Å². The molecule has 2 aromatic carbocycles. The maximum absolute atomic E-state index is 13.8. The molecular weight excluding hydrogens is 335 g/mol. The fourth-order valence-corrected chi connectivity index (χ4v) is 2.41. The number of benzene rings is 2. The highest BCUT2D eigenvalue weighted by atomic mass is 19.2. The topological polar surface area (TPSA) is 66.4 Å². The summed E-state index contributed by atoms with van der Waals surface area (Å²) in [5.41, 5.74) is -1.48. The molecule has 0 spiro atoms. The Balaban J connectivity index is 2.39. The van der Waals surface area contributed by atoms with Gasteiger partial charge in [0.1, 0.15) is 5.82 Å². The molecule has 0 aliphatic heterocycles. The molecule has 4 nitrogen and oxygen atoms in total. The Hall–Kier alpha value is -2.83. The van der Waals surface area contributed by atoms with Gasteiger partial charge in [0.05, 0.1) is 11.1 Å². The number of carboxylic acids is 1. The third kappa shape index (κ3) is 4.17. The number of halogens is 3. The quantitative estimate of drug-likeness (QED) is 0.830. The van der Waals surface area contributed by atoms with Crippen LogP contribution in [0.5, 0.6) is 0 Å². The highest BCUT2D eigenvalue weighted by Crippen LogP contribution is 2.32. The lowest BCUT2D eigenvalue weighted by atomic mass is 9.77. The summed E-state index contributed by atoms with van der Waals surface area (Å²) in [6.45, 7) is 1.40. The molecule has 0 aliphatic carbocycles. The molecule has 0 saturated carbocycles. The average molecular weight is 351 g/mol. The summed E-state index contributed by atoms with van der Waals surface area (Å²) >= 11 is 0. The molecule has 1 atom stereocenters. The third-order valence-corrected chi connectivity index (χ3v) is 4.02. The first-order valence-electron chi connectivity index (χ1n) is 7.47. The van der Waals surface area contributed by atoms with Crippen LogP contribution in [0.3, 0.4) is 0 Å². The Labute approximate surface area is 142 Å². The van der Waals surface area contributed by atoms with Crippen LogP contribution in [0.15, 0.2) is 42.5 Å². The Morgan fingerprint density at radius 3 is 2.32 bits per heavy atom. The van der Waals surface area contributed by atoms with E-state index < -0.39 is 34.7 Å². The maximum Gasteiger partial charge on any atom is 0.303 e. The van der Waals surface area contributed by atoms with Gasteiger partial charge in [-0.3, -0.25) is 9.59 Å². The Bertz CT molecular complexity index is 810.